The standard InChI is InChI=1S/C8H5FINO/c9-7-5-6(10)1-2-8(7)12-4-3-11/h1-2,5H,4H2. The predicted molar refractivity (Wildman–Crippen MR) is 50.2 cm³/mol. The highest BCUT2D eigenvalue weighted by molar-refractivity contribution is 14.1. The lowest BCUT2D eigenvalue weighted by Gasteiger charge is -2.02. The minimum absolute atomic E-state index is 0.122. The van der Waals surface area contributed by atoms with Crippen LogP contribution in [-0.4, -0.2) is 6.61 Å². The van der Waals surface area contributed by atoms with Gasteiger partial charge in [0.05, 0.1) is 0 Å². The molecule has 1 aromatic rings. The van der Waals surface area contributed by atoms with Gasteiger partial charge < -0.3 is 4.74 Å². The second-order valence-electron chi connectivity index (χ2n) is 2.02. The summed E-state index contributed by atoms with van der Waals surface area (Å²) in [6, 6.07) is 6.35. The Morgan fingerprint density at radius 2 is 2.33 bits per heavy atom. The Morgan fingerprint density at radius 1 is 1.58 bits per heavy atom. The van der Waals surface area contributed by atoms with Crippen molar-refractivity contribution in [2.75, 3.05) is 6.61 Å². The molecule has 2 nitrogen and oxygen atoms in total. The van der Waals surface area contributed by atoms with Gasteiger partial charge in [0, 0.05) is 3.57 Å². The Hall–Kier alpha value is -0.830. The van der Waals surface area contributed by atoms with Crippen molar-refractivity contribution in [3.05, 3.63) is 27.6 Å². The third-order valence-corrected chi connectivity index (χ3v) is 1.86. The molecule has 0 aromatic heterocycles. The second-order valence-corrected chi connectivity index (χ2v) is 3.27. The molecule has 0 amide bonds. The van der Waals surface area contributed by atoms with Gasteiger partial charge >= 0.3 is 0 Å². The molecule has 0 heterocycles. The molecule has 0 N–H and O–H groups in total. The molecule has 12 heavy (non-hydrogen) atoms. The lowest BCUT2D eigenvalue weighted by molar-refractivity contribution is 0.346. The molecule has 0 fully saturated rings. The topological polar surface area (TPSA) is 33.0 Å². The van der Waals surface area contributed by atoms with Crippen LogP contribution in [0.3, 0.4) is 0 Å². The maximum Gasteiger partial charge on any atom is 0.174 e. The number of nitrogens with zero attached hydrogens (tertiary/aromatic N) is 1. The van der Waals surface area contributed by atoms with E-state index in [2.05, 4.69) is 0 Å². The zero-order chi connectivity index (χ0) is 8.97. The van der Waals surface area contributed by atoms with Crippen molar-refractivity contribution in [1.82, 2.24) is 0 Å². The number of ether oxygens (including phenoxy) is 1. The summed E-state index contributed by atoms with van der Waals surface area (Å²) in [5.74, 6) is -0.311. The molecule has 1 aromatic carbocycles. The number of rotatable bonds is 2. The highest BCUT2D eigenvalue weighted by Crippen LogP contribution is 2.18. The quantitative estimate of drug-likeness (QED) is 0.777. The van der Waals surface area contributed by atoms with Gasteiger partial charge in [0.25, 0.3) is 0 Å². The summed E-state index contributed by atoms with van der Waals surface area (Å²) in [7, 11) is 0. The lowest BCUT2D eigenvalue weighted by Crippen LogP contribution is -1.95. The maximum absolute atomic E-state index is 12.9. The van der Waals surface area contributed by atoms with Gasteiger partial charge in [-0.2, -0.15) is 5.26 Å². The third-order valence-electron chi connectivity index (χ3n) is 1.19. The van der Waals surface area contributed by atoms with Crippen molar-refractivity contribution >= 4 is 22.6 Å². The summed E-state index contributed by atoms with van der Waals surface area (Å²) >= 11 is 2.00. The number of benzene rings is 1. The van der Waals surface area contributed by atoms with Gasteiger partial charge in [0.1, 0.15) is 6.07 Å². The molecule has 0 aliphatic rings. The van der Waals surface area contributed by atoms with Crippen LogP contribution in [0.25, 0.3) is 0 Å². The summed E-state index contributed by atoms with van der Waals surface area (Å²) < 4.78 is 18.5. The van der Waals surface area contributed by atoms with Crippen molar-refractivity contribution in [2.45, 2.75) is 0 Å². The van der Waals surface area contributed by atoms with E-state index in [0.717, 1.165) is 3.57 Å². The molecule has 0 radical (unpaired) electrons. The van der Waals surface area contributed by atoms with Gasteiger partial charge in [-0.15, -0.1) is 0 Å². The van der Waals surface area contributed by atoms with Crippen LogP contribution in [0.2, 0.25) is 0 Å². The Labute approximate surface area is 83.1 Å². The fourth-order valence-electron chi connectivity index (χ4n) is 0.702. The molecule has 0 spiro atoms. The Balaban J connectivity index is 2.81. The fraction of sp³-hybridized carbons (Fsp3) is 0.125. The number of nitriles is 1. The Kier molecular flexibility index (Phi) is 3.29. The largest absolute Gasteiger partial charge is 0.476 e. The number of halogens is 2. The van der Waals surface area contributed by atoms with Gasteiger partial charge in [0.2, 0.25) is 0 Å². The summed E-state index contributed by atoms with van der Waals surface area (Å²) in [5.41, 5.74) is 0. The minimum atomic E-state index is -0.433. The first kappa shape index (κ1) is 9.26. The van der Waals surface area contributed by atoms with Crippen LogP contribution >= 0.6 is 22.6 Å². The SMILES string of the molecule is N#CCOc1ccc(I)cc1F. The van der Waals surface area contributed by atoms with E-state index in [1.54, 1.807) is 12.1 Å². The van der Waals surface area contributed by atoms with E-state index >= 15 is 0 Å². The van der Waals surface area contributed by atoms with Gasteiger partial charge in [-0.3, -0.25) is 0 Å². The molecule has 0 bridgehead atoms. The molecule has 0 atom stereocenters. The van der Waals surface area contributed by atoms with E-state index in [1.165, 1.54) is 12.1 Å². The first-order valence-electron chi connectivity index (χ1n) is 3.19. The number of hydrogen-bond acceptors (Lipinski definition) is 2. The summed E-state index contributed by atoms with van der Waals surface area (Å²) in [4.78, 5) is 0. The normalized spacial score (nSPS) is 9.08. The van der Waals surface area contributed by atoms with Crippen LogP contribution < -0.4 is 4.74 Å². The van der Waals surface area contributed by atoms with Gasteiger partial charge in [-0.1, -0.05) is 0 Å². The third kappa shape index (κ3) is 2.34. The predicted octanol–water partition coefficient (Wildman–Crippen LogP) is 2.33. The molecular formula is C8H5FINO. The lowest BCUT2D eigenvalue weighted by atomic mass is 10.3. The van der Waals surface area contributed by atoms with Crippen LogP contribution in [-0.2, 0) is 0 Å². The van der Waals surface area contributed by atoms with E-state index in [0.29, 0.717) is 0 Å². The zero-order valence-corrected chi connectivity index (χ0v) is 8.21. The van der Waals surface area contributed by atoms with Crippen molar-refractivity contribution < 1.29 is 9.13 Å². The van der Waals surface area contributed by atoms with E-state index in [-0.39, 0.29) is 12.4 Å². The van der Waals surface area contributed by atoms with E-state index in [4.69, 9.17) is 10.00 Å². The first-order chi connectivity index (χ1) is 5.74. The molecule has 0 saturated carbocycles. The van der Waals surface area contributed by atoms with Crippen molar-refractivity contribution in [3.63, 3.8) is 0 Å². The van der Waals surface area contributed by atoms with Crippen molar-refractivity contribution in [2.24, 2.45) is 0 Å². The summed E-state index contributed by atoms with van der Waals surface area (Å²) in [5, 5.41) is 8.17. The Morgan fingerprint density at radius 3 is 2.92 bits per heavy atom. The summed E-state index contributed by atoms with van der Waals surface area (Å²) in [6.07, 6.45) is 0. The minimum Gasteiger partial charge on any atom is -0.476 e. The molecule has 4 heteroatoms. The van der Waals surface area contributed by atoms with Crippen molar-refractivity contribution in [3.8, 4) is 11.8 Å². The highest BCUT2D eigenvalue weighted by Gasteiger charge is 2.02. The fourth-order valence-corrected chi connectivity index (χ4v) is 1.16. The average Bonchev–Trinajstić information content (AvgIpc) is 2.03. The highest BCUT2D eigenvalue weighted by atomic mass is 127. The van der Waals surface area contributed by atoms with Crippen LogP contribution in [0.1, 0.15) is 0 Å². The second kappa shape index (κ2) is 4.26. The maximum atomic E-state index is 12.9. The Bertz CT molecular complexity index is 321. The van der Waals surface area contributed by atoms with Gasteiger partial charge in [0.15, 0.2) is 18.2 Å². The molecule has 1 rings (SSSR count). The van der Waals surface area contributed by atoms with Crippen LogP contribution in [0, 0.1) is 20.7 Å². The summed E-state index contributed by atoms with van der Waals surface area (Å²) in [6.45, 7) is -0.127. The van der Waals surface area contributed by atoms with E-state index < -0.39 is 5.82 Å². The molecule has 0 aliphatic heterocycles. The molecule has 0 unspecified atom stereocenters. The van der Waals surface area contributed by atoms with E-state index in [9.17, 15) is 4.39 Å². The smallest absolute Gasteiger partial charge is 0.174 e. The van der Waals surface area contributed by atoms with E-state index in [1.807, 2.05) is 22.6 Å². The molecule has 0 aliphatic carbocycles. The van der Waals surface area contributed by atoms with Crippen molar-refractivity contribution in [1.29, 1.82) is 5.26 Å². The monoisotopic (exact) mass is 277 g/mol. The molecule has 0 saturated heterocycles. The number of hydrogen-bond donors (Lipinski definition) is 0. The molecular weight excluding hydrogens is 272 g/mol. The average molecular weight is 277 g/mol. The first-order valence-corrected chi connectivity index (χ1v) is 4.26. The van der Waals surface area contributed by atoms with Crippen LogP contribution in [0.4, 0.5) is 4.39 Å². The van der Waals surface area contributed by atoms with Gasteiger partial charge in [-0.05, 0) is 40.8 Å². The zero-order valence-electron chi connectivity index (χ0n) is 6.05. The van der Waals surface area contributed by atoms with Gasteiger partial charge in [-0.25, -0.2) is 4.39 Å². The van der Waals surface area contributed by atoms with Crippen LogP contribution in [0.15, 0.2) is 18.2 Å². The molecule has 62 valence electrons. The van der Waals surface area contributed by atoms with Crippen LogP contribution in [0.5, 0.6) is 5.75 Å².